The Labute approximate surface area is 575 Å². The molecule has 0 aliphatic heterocycles. The second-order valence-corrected chi connectivity index (χ2v) is 28.0. The van der Waals surface area contributed by atoms with Gasteiger partial charge in [0.1, 0.15) is 17.7 Å². The van der Waals surface area contributed by atoms with Gasteiger partial charge >= 0.3 is 0 Å². The maximum atomic E-state index is 13.5. The number of hydrogen-bond donors (Lipinski definition) is 0. The minimum Gasteiger partial charge on any atom is -0.336 e. The highest BCUT2D eigenvalue weighted by molar-refractivity contribution is 7.27. The Balaban J connectivity index is 1.03. The number of aromatic nitrogens is 4. The molecule has 99 heavy (non-hydrogen) atoms. The van der Waals surface area contributed by atoms with Crippen LogP contribution in [0.2, 0.25) is 0 Å². The fourth-order valence-corrected chi connectivity index (χ4v) is 19.4. The first-order valence-electron chi connectivity index (χ1n) is 33.5. The molecule has 6 aromatic heterocycles. The number of benzene rings is 15. The smallest absolute Gasteiger partial charge is 0.104 e. The number of hydrogen-bond acceptors (Lipinski definition) is 4. The Bertz CT molecular complexity index is 7060. The van der Waals surface area contributed by atoms with Crippen LogP contribution < -0.4 is 0 Å². The van der Waals surface area contributed by atoms with Gasteiger partial charge in [-0.2, -0.15) is 10.5 Å². The van der Waals surface area contributed by atoms with E-state index in [-0.39, 0.29) is 6.54 Å². The lowest BCUT2D eigenvalue weighted by molar-refractivity contribution is 0.851. The predicted octanol–water partition coefficient (Wildman–Crippen LogP) is 24.8. The van der Waals surface area contributed by atoms with E-state index in [0.29, 0.717) is 28.2 Å². The van der Waals surface area contributed by atoms with Gasteiger partial charge in [-0.25, -0.2) is 0 Å². The van der Waals surface area contributed by atoms with Gasteiger partial charge in [-0.05, 0) is 92.7 Å². The average molecular weight is 1290 g/mol. The van der Waals surface area contributed by atoms with E-state index in [0.717, 1.165) is 162 Å². The summed E-state index contributed by atoms with van der Waals surface area (Å²) < 4.78 is 14.1. The molecule has 0 N–H and O–H groups in total. The lowest BCUT2D eigenvalue weighted by atomic mass is 9.92. The Hall–Kier alpha value is -12.8. The van der Waals surface area contributed by atoms with Gasteiger partial charge in [0.15, 0.2) is 0 Å². The highest BCUT2D eigenvalue weighted by Crippen LogP contribution is 2.53. The SMILES string of the molecule is N#Cc1c(-n2c3ccccc3c3ccccc32)c(-n2c3cccc(-c4cccc5ccccc45)c3c3ccc4c5ccccc5sc4c32)c(C#N)c(Cn2c3ccccc3c3ccccc32)c1-n1c2cccc(-c3ccccc3-c3ccccc3)c2c2ccc3c4ccccc4sc3c21. The van der Waals surface area contributed by atoms with Crippen LogP contribution in [0.3, 0.4) is 0 Å². The first kappa shape index (κ1) is 55.5. The molecule has 458 valence electrons. The van der Waals surface area contributed by atoms with E-state index in [1.54, 1.807) is 22.7 Å². The van der Waals surface area contributed by atoms with Crippen LogP contribution in [-0.4, -0.2) is 18.3 Å². The summed E-state index contributed by atoms with van der Waals surface area (Å²) in [5, 5.41) is 42.4. The fraction of sp³-hybridized carbons (Fsp3) is 0.0110. The molecule has 15 aromatic carbocycles. The molecular formula is C91H52N6S2. The molecule has 0 spiro atoms. The minimum atomic E-state index is 0.220. The predicted molar refractivity (Wildman–Crippen MR) is 417 cm³/mol. The highest BCUT2D eigenvalue weighted by Gasteiger charge is 2.35. The van der Waals surface area contributed by atoms with Gasteiger partial charge in [0.25, 0.3) is 0 Å². The lowest BCUT2D eigenvalue weighted by Crippen LogP contribution is -2.17. The molecule has 0 saturated carbocycles. The fourth-order valence-electron chi connectivity index (χ4n) is 16.9. The van der Waals surface area contributed by atoms with Crippen LogP contribution >= 0.6 is 22.7 Å². The zero-order valence-corrected chi connectivity index (χ0v) is 54.7. The molecule has 0 amide bonds. The monoisotopic (exact) mass is 1290 g/mol. The zero-order chi connectivity index (χ0) is 65.1. The van der Waals surface area contributed by atoms with Crippen LogP contribution in [0.15, 0.2) is 303 Å². The second kappa shape index (κ2) is 21.3. The van der Waals surface area contributed by atoms with Crippen molar-refractivity contribution in [2.24, 2.45) is 0 Å². The molecular weight excluding hydrogens is 1240 g/mol. The minimum absolute atomic E-state index is 0.220. The van der Waals surface area contributed by atoms with E-state index in [2.05, 4.69) is 334 Å². The number of para-hydroxylation sites is 4. The quantitative estimate of drug-likeness (QED) is 0.152. The van der Waals surface area contributed by atoms with Gasteiger partial charge in [-0.15, -0.1) is 22.7 Å². The standard InChI is InChI=1S/C91H52N6S2/c92-51-72-74(53-94-75-39-14-8-30-60(75)61-31-9-15-40-76(61)94)85(96-79-43-21-37-66(58-29-7-6-28-56(58)54-23-2-1-3-24-54)83(79)70-49-47-68-64-34-12-18-45-81(64)98-90(68)88(70)96)73(52-93)87(95-77-41-16-10-32-62(77)63-33-11-17-42-78(63)95)86(72)97-80-44-22-38-67(59-36-20-26-55-25-4-5-27-57(55)59)84(80)71-50-48-69-65-35-13-19-46-82(65)99-91(69)89(71)97/h1-50H,53H2. The molecule has 8 heteroatoms. The average Bonchev–Trinajstić information content (AvgIpc) is 1.56. The molecule has 21 rings (SSSR count). The molecule has 0 fully saturated rings. The van der Waals surface area contributed by atoms with E-state index >= 15 is 0 Å². The van der Waals surface area contributed by atoms with Crippen molar-refractivity contribution in [1.82, 2.24) is 18.3 Å². The van der Waals surface area contributed by atoms with Gasteiger partial charge in [-0.3, -0.25) is 0 Å². The molecule has 0 aliphatic carbocycles. The summed E-state index contributed by atoms with van der Waals surface area (Å²) in [6.45, 7) is 0.220. The van der Waals surface area contributed by atoms with E-state index in [4.69, 9.17) is 0 Å². The summed E-state index contributed by atoms with van der Waals surface area (Å²) in [5.41, 5.74) is 17.8. The van der Waals surface area contributed by atoms with Crippen LogP contribution in [0, 0.1) is 22.7 Å². The van der Waals surface area contributed by atoms with Crippen LogP contribution in [-0.2, 0) is 6.54 Å². The van der Waals surface area contributed by atoms with Gasteiger partial charge in [0.2, 0.25) is 0 Å². The van der Waals surface area contributed by atoms with Crippen molar-refractivity contribution in [2.45, 2.75) is 6.54 Å². The molecule has 21 aromatic rings. The summed E-state index contributed by atoms with van der Waals surface area (Å²) in [7, 11) is 0. The third kappa shape index (κ3) is 7.78. The summed E-state index contributed by atoms with van der Waals surface area (Å²) in [5.74, 6) is 0. The van der Waals surface area contributed by atoms with Crippen LogP contribution in [0.1, 0.15) is 16.7 Å². The van der Waals surface area contributed by atoms with E-state index in [1.807, 2.05) is 0 Å². The summed E-state index contributed by atoms with van der Waals surface area (Å²) in [6, 6.07) is 116. The third-order valence-electron chi connectivity index (χ3n) is 21.0. The summed E-state index contributed by atoms with van der Waals surface area (Å²) in [6.07, 6.45) is 0. The topological polar surface area (TPSA) is 67.3 Å². The van der Waals surface area contributed by atoms with Gasteiger partial charge in [0.05, 0.1) is 71.7 Å². The van der Waals surface area contributed by atoms with Crippen molar-refractivity contribution in [1.29, 1.82) is 10.5 Å². The van der Waals surface area contributed by atoms with Crippen molar-refractivity contribution in [2.75, 3.05) is 0 Å². The number of fused-ring (bicyclic) bond motifs is 21. The van der Waals surface area contributed by atoms with E-state index in [1.165, 1.54) is 14.8 Å². The highest BCUT2D eigenvalue weighted by atomic mass is 32.1. The van der Waals surface area contributed by atoms with E-state index < -0.39 is 0 Å². The van der Waals surface area contributed by atoms with Crippen molar-refractivity contribution in [3.63, 3.8) is 0 Å². The lowest BCUT2D eigenvalue weighted by Gasteiger charge is -2.26. The van der Waals surface area contributed by atoms with E-state index in [9.17, 15) is 10.5 Å². The maximum Gasteiger partial charge on any atom is 0.104 e. The van der Waals surface area contributed by atoms with Gasteiger partial charge in [0, 0.05) is 90.6 Å². The Morgan fingerprint density at radius 3 is 1.24 bits per heavy atom. The molecule has 0 bridgehead atoms. The number of rotatable bonds is 8. The van der Waals surface area contributed by atoms with Crippen molar-refractivity contribution >= 4 is 161 Å². The first-order valence-corrected chi connectivity index (χ1v) is 35.1. The van der Waals surface area contributed by atoms with Crippen LogP contribution in [0.5, 0.6) is 0 Å². The third-order valence-corrected chi connectivity index (χ3v) is 23.4. The van der Waals surface area contributed by atoms with Gasteiger partial charge < -0.3 is 18.3 Å². The van der Waals surface area contributed by atoms with Crippen molar-refractivity contribution in [3.8, 4) is 62.6 Å². The first-order chi connectivity index (χ1) is 49.1. The zero-order valence-electron chi connectivity index (χ0n) is 53.1. The Kier molecular flexibility index (Phi) is 12.0. The molecule has 0 radical (unpaired) electrons. The van der Waals surface area contributed by atoms with Crippen molar-refractivity contribution < 1.29 is 0 Å². The number of nitrogens with zero attached hydrogens (tertiary/aromatic N) is 6. The van der Waals surface area contributed by atoms with Gasteiger partial charge in [-0.1, -0.05) is 255 Å². The normalized spacial score (nSPS) is 12.1. The van der Waals surface area contributed by atoms with Crippen molar-refractivity contribution in [3.05, 3.63) is 320 Å². The Morgan fingerprint density at radius 1 is 0.273 bits per heavy atom. The van der Waals surface area contributed by atoms with Crippen LogP contribution in [0.25, 0.3) is 189 Å². The molecule has 0 saturated heterocycles. The molecule has 0 aliphatic rings. The molecule has 0 unspecified atom stereocenters. The maximum absolute atomic E-state index is 13.5. The molecule has 6 heterocycles. The summed E-state index contributed by atoms with van der Waals surface area (Å²) in [4.78, 5) is 0. The second-order valence-electron chi connectivity index (χ2n) is 25.9. The van der Waals surface area contributed by atoms with Crippen LogP contribution in [0.4, 0.5) is 0 Å². The number of nitriles is 2. The molecule has 6 nitrogen and oxygen atoms in total. The number of thiophene rings is 2. The Morgan fingerprint density at radius 2 is 0.667 bits per heavy atom. The molecule has 0 atom stereocenters. The summed E-state index contributed by atoms with van der Waals surface area (Å²) >= 11 is 3.57. The largest absolute Gasteiger partial charge is 0.336 e.